The summed E-state index contributed by atoms with van der Waals surface area (Å²) in [6, 6.07) is 9.91. The second-order valence-corrected chi connectivity index (χ2v) is 5.95. The molecule has 0 bridgehead atoms. The van der Waals surface area contributed by atoms with Crippen molar-refractivity contribution in [1.82, 2.24) is 9.13 Å². The predicted octanol–water partition coefficient (Wildman–Crippen LogP) is 2.75. The van der Waals surface area contributed by atoms with Gasteiger partial charge in [-0.3, -0.25) is 9.13 Å². The average molecular weight is 303 g/mol. The van der Waals surface area contributed by atoms with Crippen molar-refractivity contribution in [2.45, 2.75) is 9.79 Å². The number of hydrogen-bond donors (Lipinski definition) is 1. The van der Waals surface area contributed by atoms with E-state index in [1.165, 1.54) is 23.9 Å². The number of anilines is 1. The van der Waals surface area contributed by atoms with Crippen LogP contribution in [0.1, 0.15) is 0 Å². The topological polar surface area (TPSA) is 53.0 Å². The predicted molar refractivity (Wildman–Crippen MR) is 83.1 cm³/mol. The molecule has 0 atom stereocenters. The first kappa shape index (κ1) is 13.8. The van der Waals surface area contributed by atoms with E-state index in [1.807, 2.05) is 6.07 Å². The summed E-state index contributed by atoms with van der Waals surface area (Å²) in [5.74, 6) is -0.270. The molecule has 0 saturated carbocycles. The third-order valence-electron chi connectivity index (χ3n) is 3.44. The van der Waals surface area contributed by atoms with Crippen LogP contribution in [0.4, 0.5) is 10.1 Å². The molecule has 4 nitrogen and oxygen atoms in total. The molecule has 3 aromatic rings. The molecule has 108 valence electrons. The van der Waals surface area contributed by atoms with Crippen LogP contribution in [0.2, 0.25) is 0 Å². The molecule has 0 aliphatic rings. The summed E-state index contributed by atoms with van der Waals surface area (Å²) in [4.78, 5) is 13.7. The third-order valence-corrected chi connectivity index (χ3v) is 4.53. The van der Waals surface area contributed by atoms with Crippen molar-refractivity contribution in [2.24, 2.45) is 14.1 Å². The van der Waals surface area contributed by atoms with Crippen molar-refractivity contribution >= 4 is 28.5 Å². The number of nitrogen functional groups attached to an aromatic ring is 1. The Hall–Kier alpha value is -2.21. The molecule has 3 rings (SSSR count). The maximum absolute atomic E-state index is 12.9. The van der Waals surface area contributed by atoms with Crippen LogP contribution in [-0.2, 0) is 14.1 Å². The van der Waals surface area contributed by atoms with Gasteiger partial charge in [-0.1, -0.05) is 11.8 Å². The molecule has 0 aliphatic heterocycles. The van der Waals surface area contributed by atoms with Crippen LogP contribution < -0.4 is 11.4 Å². The molecule has 2 N–H and O–H groups in total. The van der Waals surface area contributed by atoms with Crippen LogP contribution in [0, 0.1) is 5.82 Å². The smallest absolute Gasteiger partial charge is 0.328 e. The van der Waals surface area contributed by atoms with Gasteiger partial charge in [0.1, 0.15) is 5.82 Å². The van der Waals surface area contributed by atoms with Gasteiger partial charge in [0.15, 0.2) is 0 Å². The lowest BCUT2D eigenvalue weighted by atomic mass is 10.3. The van der Waals surface area contributed by atoms with E-state index in [9.17, 15) is 9.18 Å². The number of aryl methyl sites for hydroxylation is 2. The summed E-state index contributed by atoms with van der Waals surface area (Å²) < 4.78 is 16.1. The second kappa shape index (κ2) is 4.96. The van der Waals surface area contributed by atoms with Gasteiger partial charge in [-0.25, -0.2) is 9.18 Å². The Balaban J connectivity index is 2.11. The van der Waals surface area contributed by atoms with Crippen LogP contribution in [0.5, 0.6) is 0 Å². The molecule has 6 heteroatoms. The average Bonchev–Trinajstić information content (AvgIpc) is 2.67. The van der Waals surface area contributed by atoms with Crippen molar-refractivity contribution in [3.63, 3.8) is 0 Å². The standard InChI is InChI=1S/C15H14FN3OS/c1-18-12-7-11(17)14(8-13(12)19(2)15(18)20)21-10-5-3-9(16)4-6-10/h3-8H,17H2,1-2H3. The van der Waals surface area contributed by atoms with E-state index < -0.39 is 0 Å². The van der Waals surface area contributed by atoms with Crippen LogP contribution in [0.25, 0.3) is 11.0 Å². The molecule has 0 aliphatic carbocycles. The highest BCUT2D eigenvalue weighted by atomic mass is 32.2. The van der Waals surface area contributed by atoms with Gasteiger partial charge in [0.2, 0.25) is 0 Å². The highest BCUT2D eigenvalue weighted by molar-refractivity contribution is 7.99. The molecule has 0 fully saturated rings. The molecule has 0 radical (unpaired) electrons. The van der Waals surface area contributed by atoms with Crippen LogP contribution in [0.15, 0.2) is 51.0 Å². The van der Waals surface area contributed by atoms with Crippen molar-refractivity contribution in [2.75, 3.05) is 5.73 Å². The van der Waals surface area contributed by atoms with E-state index >= 15 is 0 Å². The Morgan fingerprint density at radius 2 is 1.62 bits per heavy atom. The number of hydrogen-bond acceptors (Lipinski definition) is 3. The number of nitrogens with two attached hydrogens (primary N) is 1. The fraction of sp³-hybridized carbons (Fsp3) is 0.133. The first-order chi connectivity index (χ1) is 9.97. The fourth-order valence-electron chi connectivity index (χ4n) is 2.26. The monoisotopic (exact) mass is 303 g/mol. The highest BCUT2D eigenvalue weighted by Gasteiger charge is 2.12. The van der Waals surface area contributed by atoms with Gasteiger partial charge in [0.05, 0.1) is 11.0 Å². The van der Waals surface area contributed by atoms with Crippen molar-refractivity contribution in [3.8, 4) is 0 Å². The number of nitrogens with zero attached hydrogens (tertiary/aromatic N) is 2. The van der Waals surface area contributed by atoms with Gasteiger partial charge in [0.25, 0.3) is 0 Å². The van der Waals surface area contributed by atoms with Gasteiger partial charge >= 0.3 is 5.69 Å². The van der Waals surface area contributed by atoms with Gasteiger partial charge in [-0.05, 0) is 36.4 Å². The van der Waals surface area contributed by atoms with Gasteiger partial charge in [0, 0.05) is 29.6 Å². The Morgan fingerprint density at radius 3 is 2.24 bits per heavy atom. The summed E-state index contributed by atoms with van der Waals surface area (Å²) in [5.41, 5.74) is 8.19. The Bertz CT molecular complexity index is 881. The zero-order chi connectivity index (χ0) is 15.1. The summed E-state index contributed by atoms with van der Waals surface area (Å²) >= 11 is 1.45. The summed E-state index contributed by atoms with van der Waals surface area (Å²) in [6.07, 6.45) is 0. The molecule has 1 heterocycles. The van der Waals surface area contributed by atoms with E-state index in [1.54, 1.807) is 41.4 Å². The first-order valence-corrected chi connectivity index (χ1v) is 7.17. The molecule has 2 aromatic carbocycles. The minimum atomic E-state index is -0.270. The van der Waals surface area contributed by atoms with Crippen molar-refractivity contribution in [3.05, 3.63) is 52.7 Å². The molecule has 0 spiro atoms. The fourth-order valence-corrected chi connectivity index (χ4v) is 3.13. The molecule has 0 saturated heterocycles. The zero-order valence-electron chi connectivity index (χ0n) is 11.6. The summed E-state index contributed by atoms with van der Waals surface area (Å²) in [6.45, 7) is 0. The number of imidazole rings is 1. The van der Waals surface area contributed by atoms with Gasteiger partial charge < -0.3 is 5.73 Å². The van der Waals surface area contributed by atoms with E-state index in [0.717, 1.165) is 20.8 Å². The van der Waals surface area contributed by atoms with Crippen molar-refractivity contribution in [1.29, 1.82) is 0 Å². The molecule has 0 amide bonds. The van der Waals surface area contributed by atoms with Crippen LogP contribution in [0.3, 0.4) is 0 Å². The Kier molecular flexibility index (Phi) is 3.25. The van der Waals surface area contributed by atoms with E-state index in [4.69, 9.17) is 5.73 Å². The quantitative estimate of drug-likeness (QED) is 0.741. The minimum Gasteiger partial charge on any atom is -0.398 e. The number of fused-ring (bicyclic) bond motifs is 1. The Morgan fingerprint density at radius 1 is 1.05 bits per heavy atom. The first-order valence-electron chi connectivity index (χ1n) is 6.35. The lowest BCUT2D eigenvalue weighted by molar-refractivity contribution is 0.626. The number of rotatable bonds is 2. The number of benzene rings is 2. The lowest BCUT2D eigenvalue weighted by Crippen LogP contribution is -2.19. The van der Waals surface area contributed by atoms with Gasteiger partial charge in [-0.15, -0.1) is 0 Å². The van der Waals surface area contributed by atoms with Crippen molar-refractivity contribution < 1.29 is 4.39 Å². The Labute approximate surface area is 125 Å². The maximum Gasteiger partial charge on any atom is 0.328 e. The summed E-state index contributed by atoms with van der Waals surface area (Å²) in [5, 5.41) is 0. The lowest BCUT2D eigenvalue weighted by Gasteiger charge is -2.07. The molecule has 21 heavy (non-hydrogen) atoms. The van der Waals surface area contributed by atoms with E-state index in [0.29, 0.717) is 5.69 Å². The second-order valence-electron chi connectivity index (χ2n) is 4.84. The maximum atomic E-state index is 12.9. The van der Waals surface area contributed by atoms with Gasteiger partial charge in [-0.2, -0.15) is 0 Å². The van der Waals surface area contributed by atoms with Crippen LogP contribution >= 0.6 is 11.8 Å². The highest BCUT2D eigenvalue weighted by Crippen LogP contribution is 2.34. The SMILES string of the molecule is Cn1c(=O)n(C)c2cc(Sc3ccc(F)cc3)c(N)cc21. The largest absolute Gasteiger partial charge is 0.398 e. The summed E-state index contributed by atoms with van der Waals surface area (Å²) in [7, 11) is 3.45. The number of halogens is 1. The molecular formula is C15H14FN3OS. The minimum absolute atomic E-state index is 0.0895. The zero-order valence-corrected chi connectivity index (χ0v) is 12.4. The van der Waals surface area contributed by atoms with E-state index in [2.05, 4.69) is 0 Å². The van der Waals surface area contributed by atoms with Crippen LogP contribution in [-0.4, -0.2) is 9.13 Å². The third kappa shape index (κ3) is 2.31. The molecular weight excluding hydrogens is 289 g/mol. The molecule has 0 unspecified atom stereocenters. The van der Waals surface area contributed by atoms with E-state index in [-0.39, 0.29) is 11.5 Å². The number of aromatic nitrogens is 2. The normalized spacial score (nSPS) is 11.2. The molecule has 1 aromatic heterocycles.